The number of carbonyl (C=O) groups is 4. The van der Waals surface area contributed by atoms with E-state index < -0.39 is 11.9 Å². The lowest BCUT2D eigenvalue weighted by molar-refractivity contribution is -0.139. The van der Waals surface area contributed by atoms with Crippen LogP contribution in [0, 0.1) is 17.8 Å². The van der Waals surface area contributed by atoms with E-state index in [0.29, 0.717) is 5.69 Å². The van der Waals surface area contributed by atoms with Crippen molar-refractivity contribution in [2.24, 2.45) is 17.8 Å². The van der Waals surface area contributed by atoms with E-state index in [9.17, 15) is 19.2 Å². The van der Waals surface area contributed by atoms with Gasteiger partial charge in [0.25, 0.3) is 0 Å². The predicted octanol–water partition coefficient (Wildman–Crippen LogP) is 3.32. The second kappa shape index (κ2) is 8.22. The van der Waals surface area contributed by atoms with Gasteiger partial charge in [-0.3, -0.25) is 19.2 Å². The number of carbonyl (C=O) groups excluding carboxylic acids is 4. The van der Waals surface area contributed by atoms with Crippen LogP contribution >= 0.6 is 0 Å². The van der Waals surface area contributed by atoms with E-state index in [0.717, 1.165) is 31.4 Å². The normalized spacial score (nSPS) is 25.2. The Morgan fingerprint density at radius 3 is 2.19 bits per heavy atom. The van der Waals surface area contributed by atoms with Crippen LogP contribution in [0.3, 0.4) is 0 Å². The molecule has 1 aliphatic carbocycles. The highest BCUT2D eigenvalue weighted by Crippen LogP contribution is 2.40. The van der Waals surface area contributed by atoms with Crippen molar-refractivity contribution in [2.45, 2.75) is 32.1 Å². The number of para-hydroxylation sites is 1. The van der Waals surface area contributed by atoms with E-state index >= 15 is 0 Å². The molecule has 32 heavy (non-hydrogen) atoms. The van der Waals surface area contributed by atoms with Gasteiger partial charge >= 0.3 is 5.97 Å². The summed E-state index contributed by atoms with van der Waals surface area (Å²) in [6, 6.07) is 15.7. The number of benzene rings is 2. The predicted molar refractivity (Wildman–Crippen MR) is 117 cm³/mol. The fourth-order valence-corrected chi connectivity index (χ4v) is 5.03. The Bertz CT molecular complexity index is 1060. The van der Waals surface area contributed by atoms with Crippen LogP contribution in [0.25, 0.3) is 0 Å². The third-order valence-electron chi connectivity index (χ3n) is 6.66. The highest BCUT2D eigenvalue weighted by Gasteiger charge is 2.48. The number of nitrogens with zero attached hydrogens (tertiary/aromatic N) is 2. The van der Waals surface area contributed by atoms with E-state index in [2.05, 4.69) is 0 Å². The molecular weight excluding hydrogens is 408 g/mol. The SMILES string of the molecule is O=C(Oc1cccc(N2C(=O)[C@H]3CCCC[C@H]3C2=O)c1)[C@@H]1CC(=O)N(c2ccccc2)C1. The smallest absolute Gasteiger partial charge is 0.316 e. The van der Waals surface area contributed by atoms with Crippen LogP contribution in [0.5, 0.6) is 5.75 Å². The van der Waals surface area contributed by atoms with E-state index in [1.807, 2.05) is 30.3 Å². The molecule has 3 amide bonds. The average Bonchev–Trinajstić information content (AvgIpc) is 3.32. The zero-order chi connectivity index (χ0) is 22.2. The van der Waals surface area contributed by atoms with Crippen molar-refractivity contribution in [1.82, 2.24) is 0 Å². The number of hydrogen-bond donors (Lipinski definition) is 0. The number of fused-ring (bicyclic) bond motifs is 1. The number of rotatable bonds is 4. The lowest BCUT2D eigenvalue weighted by atomic mass is 9.81. The van der Waals surface area contributed by atoms with Crippen LogP contribution in [0.15, 0.2) is 54.6 Å². The molecule has 3 aliphatic rings. The summed E-state index contributed by atoms with van der Waals surface area (Å²) in [5.41, 5.74) is 1.18. The first kappa shape index (κ1) is 20.4. The molecule has 0 bridgehead atoms. The fourth-order valence-electron chi connectivity index (χ4n) is 5.03. The summed E-state index contributed by atoms with van der Waals surface area (Å²) in [6.45, 7) is 0.258. The van der Waals surface area contributed by atoms with Crippen LogP contribution in [-0.2, 0) is 19.2 Å². The van der Waals surface area contributed by atoms with Gasteiger partial charge in [0.2, 0.25) is 17.7 Å². The van der Waals surface area contributed by atoms with E-state index in [4.69, 9.17) is 4.74 Å². The maximum atomic E-state index is 12.9. The topological polar surface area (TPSA) is 84.0 Å². The summed E-state index contributed by atoms with van der Waals surface area (Å²) in [5.74, 6) is -1.75. The number of imide groups is 1. The summed E-state index contributed by atoms with van der Waals surface area (Å²) in [5, 5.41) is 0. The number of anilines is 2. The van der Waals surface area contributed by atoms with E-state index in [1.165, 1.54) is 4.90 Å². The number of esters is 1. The summed E-state index contributed by atoms with van der Waals surface area (Å²) >= 11 is 0. The van der Waals surface area contributed by atoms with Crippen LogP contribution in [-0.4, -0.2) is 30.2 Å². The minimum absolute atomic E-state index is 0.0832. The van der Waals surface area contributed by atoms with Crippen molar-refractivity contribution in [2.75, 3.05) is 16.3 Å². The Kier molecular flexibility index (Phi) is 5.25. The number of amides is 3. The molecule has 2 aliphatic heterocycles. The summed E-state index contributed by atoms with van der Waals surface area (Å²) in [6.07, 6.45) is 3.50. The first-order valence-corrected chi connectivity index (χ1v) is 11.1. The fraction of sp³-hybridized carbons (Fsp3) is 0.360. The van der Waals surface area contributed by atoms with Gasteiger partial charge in [-0.25, -0.2) is 4.90 Å². The van der Waals surface area contributed by atoms with Crippen LogP contribution in [0.2, 0.25) is 0 Å². The van der Waals surface area contributed by atoms with Crippen LogP contribution in [0.4, 0.5) is 11.4 Å². The Hall–Kier alpha value is -3.48. The molecule has 3 fully saturated rings. The molecule has 7 heteroatoms. The Balaban J connectivity index is 1.29. The lowest BCUT2D eigenvalue weighted by Gasteiger charge is -2.19. The maximum Gasteiger partial charge on any atom is 0.316 e. The van der Waals surface area contributed by atoms with Crippen molar-refractivity contribution in [3.63, 3.8) is 0 Å². The van der Waals surface area contributed by atoms with E-state index in [1.54, 1.807) is 29.2 Å². The standard InChI is InChI=1S/C25H24N2O5/c28-22-13-16(15-26(22)17-7-2-1-3-8-17)25(31)32-19-10-6-9-18(14-19)27-23(29)20-11-4-5-12-21(20)24(27)30/h1-3,6-10,14,16,20-21H,4-5,11-13,15H2/t16-,20-,21+/m1/s1. The second-order valence-corrected chi connectivity index (χ2v) is 8.67. The largest absolute Gasteiger partial charge is 0.426 e. The molecule has 2 aromatic carbocycles. The van der Waals surface area contributed by atoms with Gasteiger partial charge in [-0.1, -0.05) is 37.1 Å². The molecule has 7 nitrogen and oxygen atoms in total. The van der Waals surface area contributed by atoms with Gasteiger partial charge in [0.15, 0.2) is 0 Å². The number of ether oxygens (including phenoxy) is 1. The average molecular weight is 432 g/mol. The molecule has 2 heterocycles. The molecule has 3 atom stereocenters. The van der Waals surface area contributed by atoms with Crippen molar-refractivity contribution in [3.8, 4) is 5.75 Å². The third-order valence-corrected chi connectivity index (χ3v) is 6.66. The number of hydrogen-bond acceptors (Lipinski definition) is 5. The molecule has 0 unspecified atom stereocenters. The molecule has 164 valence electrons. The molecule has 2 saturated heterocycles. The lowest BCUT2D eigenvalue weighted by Crippen LogP contribution is -2.31. The zero-order valence-corrected chi connectivity index (χ0v) is 17.6. The highest BCUT2D eigenvalue weighted by atomic mass is 16.5. The van der Waals surface area contributed by atoms with Crippen molar-refractivity contribution in [3.05, 3.63) is 54.6 Å². The van der Waals surface area contributed by atoms with Gasteiger partial charge in [0.1, 0.15) is 5.75 Å². The van der Waals surface area contributed by atoms with Gasteiger partial charge in [0, 0.05) is 24.7 Å². The summed E-state index contributed by atoms with van der Waals surface area (Å²) < 4.78 is 5.55. The quantitative estimate of drug-likeness (QED) is 0.420. The summed E-state index contributed by atoms with van der Waals surface area (Å²) in [4.78, 5) is 53.7. The molecule has 0 spiro atoms. The van der Waals surface area contributed by atoms with Gasteiger partial charge in [-0.2, -0.15) is 0 Å². The Morgan fingerprint density at radius 2 is 1.50 bits per heavy atom. The molecule has 0 radical (unpaired) electrons. The minimum Gasteiger partial charge on any atom is -0.426 e. The van der Waals surface area contributed by atoms with Gasteiger partial charge < -0.3 is 9.64 Å². The second-order valence-electron chi connectivity index (χ2n) is 8.67. The summed E-state index contributed by atoms with van der Waals surface area (Å²) in [7, 11) is 0. The van der Waals surface area contributed by atoms with Crippen molar-refractivity contribution >= 4 is 35.1 Å². The van der Waals surface area contributed by atoms with Crippen molar-refractivity contribution < 1.29 is 23.9 Å². The van der Waals surface area contributed by atoms with Gasteiger partial charge in [-0.15, -0.1) is 0 Å². The first-order valence-electron chi connectivity index (χ1n) is 11.1. The van der Waals surface area contributed by atoms with E-state index in [-0.39, 0.29) is 48.3 Å². The molecule has 0 N–H and O–H groups in total. The Labute approximate surface area is 185 Å². The monoisotopic (exact) mass is 432 g/mol. The molecule has 5 rings (SSSR count). The molecular formula is C25H24N2O5. The van der Waals surface area contributed by atoms with Crippen LogP contribution in [0.1, 0.15) is 32.1 Å². The van der Waals surface area contributed by atoms with Gasteiger partial charge in [0.05, 0.1) is 23.4 Å². The first-order chi connectivity index (χ1) is 15.5. The Morgan fingerprint density at radius 1 is 0.844 bits per heavy atom. The van der Waals surface area contributed by atoms with Crippen LogP contribution < -0.4 is 14.5 Å². The maximum absolute atomic E-state index is 12.9. The minimum atomic E-state index is -0.579. The highest BCUT2D eigenvalue weighted by molar-refractivity contribution is 6.22. The van der Waals surface area contributed by atoms with Crippen molar-refractivity contribution in [1.29, 1.82) is 0 Å². The third kappa shape index (κ3) is 3.57. The molecule has 1 saturated carbocycles. The van der Waals surface area contributed by atoms with Gasteiger partial charge in [-0.05, 0) is 37.1 Å². The molecule has 2 aromatic rings. The molecule has 0 aromatic heterocycles. The zero-order valence-electron chi connectivity index (χ0n) is 17.6.